The van der Waals surface area contributed by atoms with Gasteiger partial charge in [-0.3, -0.25) is 0 Å². The molecule has 2 heteroatoms. The number of hydrogen-bond acceptors (Lipinski definition) is 2. The van der Waals surface area contributed by atoms with Crippen LogP contribution in [0.2, 0.25) is 0 Å². The summed E-state index contributed by atoms with van der Waals surface area (Å²) in [5.41, 5.74) is -0.0525. The van der Waals surface area contributed by atoms with Gasteiger partial charge in [0.05, 0.1) is 5.60 Å². The van der Waals surface area contributed by atoms with Crippen molar-refractivity contribution in [3.05, 3.63) is 0 Å². The summed E-state index contributed by atoms with van der Waals surface area (Å²) in [6, 6.07) is 0. The fourth-order valence-corrected chi connectivity index (χ4v) is 0.194. The van der Waals surface area contributed by atoms with Crippen LogP contribution in [0.15, 0.2) is 0 Å². The smallest absolute Gasteiger partial charge is 0.0710 e. The fourth-order valence-electron chi connectivity index (χ4n) is 0.0645. The van der Waals surface area contributed by atoms with Crippen molar-refractivity contribution in [2.24, 2.45) is 0 Å². The van der Waals surface area contributed by atoms with Gasteiger partial charge < -0.3 is 4.74 Å². The van der Waals surface area contributed by atoms with E-state index in [9.17, 15) is 0 Å². The molecule has 0 saturated carbocycles. The molecule has 0 amide bonds. The van der Waals surface area contributed by atoms with Crippen LogP contribution in [-0.2, 0) is 4.74 Å². The van der Waals surface area contributed by atoms with Crippen molar-refractivity contribution in [2.45, 2.75) is 19.4 Å². The summed E-state index contributed by atoms with van der Waals surface area (Å²) in [6.07, 6.45) is 0. The van der Waals surface area contributed by atoms with Gasteiger partial charge in [-0.2, -0.15) is 12.6 Å². The molecule has 0 radical (unpaired) electrons. The van der Waals surface area contributed by atoms with Crippen LogP contribution in [0, 0.1) is 0 Å². The summed E-state index contributed by atoms with van der Waals surface area (Å²) < 4.78 is 5.01. The largest absolute Gasteiger partial charge is 0.378 e. The molecule has 0 spiro atoms. The Morgan fingerprint density at radius 3 is 2.00 bits per heavy atom. The number of methoxy groups -OCH3 is 1. The fraction of sp³-hybridized carbons (Fsp3) is 1.00. The molecule has 0 bridgehead atoms. The summed E-state index contributed by atoms with van der Waals surface area (Å²) >= 11 is 4.06. The molecule has 0 aliphatic rings. The Morgan fingerprint density at radius 1 is 1.57 bits per heavy atom. The standard InChI is InChI=1S/C5H12OS/c1-5(2,4-7)6-3/h7H,4H2,1-3H3. The molecule has 0 aliphatic carbocycles. The Kier molecular flexibility index (Phi) is 2.69. The first-order chi connectivity index (χ1) is 3.12. The van der Waals surface area contributed by atoms with Crippen LogP contribution in [0.25, 0.3) is 0 Å². The lowest BCUT2D eigenvalue weighted by atomic mass is 10.2. The average Bonchev–Trinajstić information content (AvgIpc) is 1.68. The zero-order valence-electron chi connectivity index (χ0n) is 5.06. The maximum atomic E-state index is 5.01. The highest BCUT2D eigenvalue weighted by Crippen LogP contribution is 2.07. The molecule has 0 aromatic rings. The van der Waals surface area contributed by atoms with Crippen molar-refractivity contribution in [2.75, 3.05) is 12.9 Å². The van der Waals surface area contributed by atoms with Crippen molar-refractivity contribution in [1.82, 2.24) is 0 Å². The zero-order valence-corrected chi connectivity index (χ0v) is 5.96. The number of thiol groups is 1. The molecular formula is C5H12OS. The van der Waals surface area contributed by atoms with E-state index in [2.05, 4.69) is 12.6 Å². The van der Waals surface area contributed by atoms with E-state index in [-0.39, 0.29) is 5.60 Å². The third kappa shape index (κ3) is 2.94. The van der Waals surface area contributed by atoms with Crippen molar-refractivity contribution < 1.29 is 4.74 Å². The van der Waals surface area contributed by atoms with E-state index in [1.54, 1.807) is 7.11 Å². The summed E-state index contributed by atoms with van der Waals surface area (Å²) in [5.74, 6) is 0.767. The molecule has 0 aromatic heterocycles. The van der Waals surface area contributed by atoms with Gasteiger partial charge >= 0.3 is 0 Å². The predicted octanol–water partition coefficient (Wildman–Crippen LogP) is 1.34. The minimum Gasteiger partial charge on any atom is -0.378 e. The summed E-state index contributed by atoms with van der Waals surface area (Å²) in [4.78, 5) is 0. The second-order valence-electron chi connectivity index (χ2n) is 2.12. The highest BCUT2D eigenvalue weighted by Gasteiger charge is 2.11. The van der Waals surface area contributed by atoms with E-state index >= 15 is 0 Å². The summed E-state index contributed by atoms with van der Waals surface area (Å²) in [7, 11) is 1.69. The van der Waals surface area contributed by atoms with Gasteiger partial charge in [-0.25, -0.2) is 0 Å². The third-order valence-corrected chi connectivity index (χ3v) is 1.69. The molecule has 0 rings (SSSR count). The molecule has 0 unspecified atom stereocenters. The lowest BCUT2D eigenvalue weighted by Crippen LogP contribution is -2.23. The molecule has 44 valence electrons. The molecule has 1 nitrogen and oxygen atoms in total. The second-order valence-corrected chi connectivity index (χ2v) is 2.44. The van der Waals surface area contributed by atoms with Crippen molar-refractivity contribution in [1.29, 1.82) is 0 Å². The number of rotatable bonds is 2. The second kappa shape index (κ2) is 2.58. The van der Waals surface area contributed by atoms with Gasteiger partial charge in [0.2, 0.25) is 0 Å². The molecule has 0 saturated heterocycles. The average molecular weight is 120 g/mol. The van der Waals surface area contributed by atoms with E-state index in [0.717, 1.165) is 5.75 Å². The summed E-state index contributed by atoms with van der Waals surface area (Å²) in [5, 5.41) is 0. The zero-order chi connectivity index (χ0) is 5.91. The Labute approximate surface area is 50.5 Å². The van der Waals surface area contributed by atoms with Gasteiger partial charge in [-0.05, 0) is 13.8 Å². The SMILES string of the molecule is COC(C)(C)CS. The third-order valence-electron chi connectivity index (χ3n) is 0.933. The first kappa shape index (κ1) is 7.31. The lowest BCUT2D eigenvalue weighted by molar-refractivity contribution is 0.0443. The van der Waals surface area contributed by atoms with Crippen LogP contribution < -0.4 is 0 Å². The van der Waals surface area contributed by atoms with Crippen molar-refractivity contribution >= 4 is 12.6 Å². The van der Waals surface area contributed by atoms with Gasteiger partial charge in [0.1, 0.15) is 0 Å². The number of ether oxygens (including phenoxy) is 1. The topological polar surface area (TPSA) is 9.23 Å². The minimum absolute atomic E-state index is 0.0525. The molecule has 0 aromatic carbocycles. The van der Waals surface area contributed by atoms with E-state index in [4.69, 9.17) is 4.74 Å². The molecule has 0 fully saturated rings. The summed E-state index contributed by atoms with van der Waals surface area (Å²) in [6.45, 7) is 4.00. The lowest BCUT2D eigenvalue weighted by Gasteiger charge is -2.18. The van der Waals surface area contributed by atoms with Crippen LogP contribution in [0.4, 0.5) is 0 Å². The molecule has 0 N–H and O–H groups in total. The van der Waals surface area contributed by atoms with Crippen molar-refractivity contribution in [3.63, 3.8) is 0 Å². The van der Waals surface area contributed by atoms with E-state index in [1.165, 1.54) is 0 Å². The van der Waals surface area contributed by atoms with Gasteiger partial charge in [-0.15, -0.1) is 0 Å². The van der Waals surface area contributed by atoms with Crippen LogP contribution in [0.1, 0.15) is 13.8 Å². The first-order valence-electron chi connectivity index (χ1n) is 2.28. The quantitative estimate of drug-likeness (QED) is 0.541. The Balaban J connectivity index is 3.36. The van der Waals surface area contributed by atoms with E-state index in [0.29, 0.717) is 0 Å². The van der Waals surface area contributed by atoms with E-state index < -0.39 is 0 Å². The van der Waals surface area contributed by atoms with Crippen LogP contribution in [-0.4, -0.2) is 18.5 Å². The predicted molar refractivity (Wildman–Crippen MR) is 34.9 cm³/mol. The Morgan fingerprint density at radius 2 is 2.00 bits per heavy atom. The normalized spacial score (nSPS) is 12.0. The van der Waals surface area contributed by atoms with Gasteiger partial charge in [0.25, 0.3) is 0 Å². The highest BCUT2D eigenvalue weighted by atomic mass is 32.1. The Hall–Kier alpha value is 0.310. The minimum atomic E-state index is -0.0525. The van der Waals surface area contributed by atoms with Gasteiger partial charge in [-0.1, -0.05) is 0 Å². The molecule has 0 heterocycles. The van der Waals surface area contributed by atoms with Gasteiger partial charge in [0.15, 0.2) is 0 Å². The van der Waals surface area contributed by atoms with Crippen LogP contribution in [0.5, 0.6) is 0 Å². The van der Waals surface area contributed by atoms with E-state index in [1.807, 2.05) is 13.8 Å². The molecule has 0 atom stereocenters. The first-order valence-corrected chi connectivity index (χ1v) is 2.91. The molecule has 7 heavy (non-hydrogen) atoms. The highest BCUT2D eigenvalue weighted by molar-refractivity contribution is 7.80. The molecule has 0 aliphatic heterocycles. The van der Waals surface area contributed by atoms with Crippen LogP contribution >= 0.6 is 12.6 Å². The van der Waals surface area contributed by atoms with Crippen LogP contribution in [0.3, 0.4) is 0 Å². The van der Waals surface area contributed by atoms with Crippen molar-refractivity contribution in [3.8, 4) is 0 Å². The number of hydrogen-bond donors (Lipinski definition) is 1. The monoisotopic (exact) mass is 120 g/mol. The molecular weight excluding hydrogens is 108 g/mol. The Bertz CT molecular complexity index is 46.0. The van der Waals surface area contributed by atoms with Gasteiger partial charge in [0, 0.05) is 12.9 Å². The maximum Gasteiger partial charge on any atom is 0.0710 e. The maximum absolute atomic E-state index is 5.01.